The molecule has 0 radical (unpaired) electrons. The average molecular weight is 403 g/mol. The second-order valence-electron chi connectivity index (χ2n) is 6.25. The molecule has 2 aliphatic heterocycles. The number of halogens is 1. The van der Waals surface area contributed by atoms with Gasteiger partial charge in [0.2, 0.25) is 0 Å². The molecule has 0 amide bonds. The van der Waals surface area contributed by atoms with Crippen molar-refractivity contribution < 1.29 is 4.74 Å². The molecular formula is C18H19ClN6OS. The van der Waals surface area contributed by atoms with Crippen LogP contribution in [0, 0.1) is 0 Å². The van der Waals surface area contributed by atoms with E-state index in [1.54, 1.807) is 12.3 Å². The van der Waals surface area contributed by atoms with Gasteiger partial charge < -0.3 is 14.5 Å². The summed E-state index contributed by atoms with van der Waals surface area (Å²) in [5, 5.41) is 5.65. The lowest BCUT2D eigenvalue weighted by molar-refractivity contribution is 0.318. The molecule has 0 aliphatic carbocycles. The SMILES string of the molecule is S=C(N/N=C1/CCOc2cc(Cl)cnc21)N1CCN(c2ccncc2)CC1. The first-order valence-corrected chi connectivity index (χ1v) is 9.54. The first-order valence-electron chi connectivity index (χ1n) is 8.76. The summed E-state index contributed by atoms with van der Waals surface area (Å²) in [5.41, 5.74) is 5.74. The molecule has 1 fully saturated rings. The number of thiocarbonyl (C=S) groups is 1. The number of fused-ring (bicyclic) bond motifs is 1. The Morgan fingerprint density at radius 2 is 2.00 bits per heavy atom. The van der Waals surface area contributed by atoms with Gasteiger partial charge in [0.05, 0.1) is 17.3 Å². The van der Waals surface area contributed by atoms with E-state index in [2.05, 4.69) is 30.3 Å². The predicted molar refractivity (Wildman–Crippen MR) is 110 cm³/mol. The molecule has 4 rings (SSSR count). The van der Waals surface area contributed by atoms with Crippen LogP contribution in [0.3, 0.4) is 0 Å². The molecule has 1 saturated heterocycles. The van der Waals surface area contributed by atoms with Gasteiger partial charge in [-0.05, 0) is 24.4 Å². The molecule has 27 heavy (non-hydrogen) atoms. The highest BCUT2D eigenvalue weighted by molar-refractivity contribution is 7.80. The van der Waals surface area contributed by atoms with Crippen LogP contribution in [0.2, 0.25) is 5.02 Å². The van der Waals surface area contributed by atoms with E-state index in [-0.39, 0.29) is 0 Å². The molecule has 7 nitrogen and oxygen atoms in total. The van der Waals surface area contributed by atoms with E-state index in [0.717, 1.165) is 31.9 Å². The number of pyridine rings is 2. The van der Waals surface area contributed by atoms with E-state index in [4.69, 9.17) is 28.6 Å². The van der Waals surface area contributed by atoms with Gasteiger partial charge in [0.15, 0.2) is 5.11 Å². The van der Waals surface area contributed by atoms with Crippen molar-refractivity contribution in [2.45, 2.75) is 6.42 Å². The molecule has 9 heteroatoms. The number of anilines is 1. The van der Waals surface area contributed by atoms with Crippen LogP contribution in [0.25, 0.3) is 0 Å². The van der Waals surface area contributed by atoms with Crippen LogP contribution in [0.1, 0.15) is 12.1 Å². The summed E-state index contributed by atoms with van der Waals surface area (Å²) in [6.07, 6.45) is 5.90. The van der Waals surface area contributed by atoms with Crippen molar-refractivity contribution in [2.24, 2.45) is 5.10 Å². The summed E-state index contributed by atoms with van der Waals surface area (Å²) >= 11 is 11.5. The zero-order valence-electron chi connectivity index (χ0n) is 14.6. The average Bonchev–Trinajstić information content (AvgIpc) is 2.72. The van der Waals surface area contributed by atoms with Gasteiger partial charge in [-0.2, -0.15) is 5.10 Å². The van der Waals surface area contributed by atoms with Gasteiger partial charge in [-0.1, -0.05) is 11.6 Å². The summed E-state index contributed by atoms with van der Waals surface area (Å²) in [4.78, 5) is 12.9. The number of hydrazone groups is 1. The maximum Gasteiger partial charge on any atom is 0.189 e. The molecule has 1 N–H and O–H groups in total. The maximum atomic E-state index is 5.98. The molecule has 0 unspecified atom stereocenters. The third kappa shape index (κ3) is 4.12. The molecule has 2 aromatic rings. The summed E-state index contributed by atoms with van der Waals surface area (Å²) in [6, 6.07) is 5.81. The number of ether oxygens (including phenoxy) is 1. The van der Waals surface area contributed by atoms with Crippen molar-refractivity contribution in [3.05, 3.63) is 47.5 Å². The van der Waals surface area contributed by atoms with Crippen LogP contribution in [-0.4, -0.2) is 58.5 Å². The third-order valence-electron chi connectivity index (χ3n) is 4.57. The Hall–Kier alpha value is -2.45. The fourth-order valence-corrected chi connectivity index (χ4v) is 3.52. The predicted octanol–water partition coefficient (Wildman–Crippen LogP) is 2.31. The first-order chi connectivity index (χ1) is 13.2. The fraction of sp³-hybridized carbons (Fsp3) is 0.333. The van der Waals surface area contributed by atoms with Crippen molar-refractivity contribution in [3.8, 4) is 5.75 Å². The van der Waals surface area contributed by atoms with Crippen LogP contribution in [0.4, 0.5) is 5.69 Å². The molecule has 2 aromatic heterocycles. The molecule has 4 heterocycles. The zero-order chi connectivity index (χ0) is 18.6. The van der Waals surface area contributed by atoms with Crippen LogP contribution in [-0.2, 0) is 0 Å². The van der Waals surface area contributed by atoms with E-state index >= 15 is 0 Å². The van der Waals surface area contributed by atoms with Crippen LogP contribution < -0.4 is 15.1 Å². The minimum Gasteiger partial charge on any atom is -0.491 e. The minimum absolute atomic E-state index is 0.547. The standard InChI is InChI=1S/C18H19ClN6OS/c19-13-11-16-17(21-12-13)15(3-10-26-16)22-23-18(27)25-8-6-24(7-9-25)14-1-4-20-5-2-14/h1-2,4-5,11-12H,3,6-10H2,(H,23,27)/b22-15-. The largest absolute Gasteiger partial charge is 0.491 e. The van der Waals surface area contributed by atoms with E-state index in [0.29, 0.717) is 34.6 Å². The normalized spacial score (nSPS) is 18.0. The molecule has 0 saturated carbocycles. The van der Waals surface area contributed by atoms with Gasteiger partial charge >= 0.3 is 0 Å². The van der Waals surface area contributed by atoms with Crippen LogP contribution in [0.5, 0.6) is 5.75 Å². The molecule has 0 bridgehead atoms. The quantitative estimate of drug-likeness (QED) is 0.610. The second-order valence-corrected chi connectivity index (χ2v) is 7.08. The van der Waals surface area contributed by atoms with Crippen molar-refractivity contribution in [1.29, 1.82) is 0 Å². The van der Waals surface area contributed by atoms with E-state index in [9.17, 15) is 0 Å². The monoisotopic (exact) mass is 402 g/mol. The zero-order valence-corrected chi connectivity index (χ0v) is 16.2. The summed E-state index contributed by atoms with van der Waals surface area (Å²) in [5.74, 6) is 0.659. The van der Waals surface area contributed by atoms with Crippen molar-refractivity contribution in [2.75, 3.05) is 37.7 Å². The first kappa shape index (κ1) is 17.9. The van der Waals surface area contributed by atoms with Crippen molar-refractivity contribution >= 4 is 40.3 Å². The van der Waals surface area contributed by atoms with E-state index < -0.39 is 0 Å². The van der Waals surface area contributed by atoms with Gasteiger partial charge in [-0.15, -0.1) is 0 Å². The number of rotatable bonds is 2. The number of piperazine rings is 1. The van der Waals surface area contributed by atoms with Gasteiger partial charge in [0, 0.05) is 62.9 Å². The summed E-state index contributed by atoms with van der Waals surface area (Å²) in [7, 11) is 0. The smallest absolute Gasteiger partial charge is 0.189 e. The van der Waals surface area contributed by atoms with Gasteiger partial charge in [0.1, 0.15) is 11.4 Å². The van der Waals surface area contributed by atoms with Gasteiger partial charge in [-0.3, -0.25) is 10.4 Å². The minimum atomic E-state index is 0.547. The lowest BCUT2D eigenvalue weighted by Gasteiger charge is -2.36. The molecule has 140 valence electrons. The Balaban J connectivity index is 1.36. The Morgan fingerprint density at radius 1 is 1.22 bits per heavy atom. The van der Waals surface area contributed by atoms with E-state index in [1.807, 2.05) is 24.5 Å². The Kier molecular flexibility index (Phi) is 5.35. The number of hydrogen-bond donors (Lipinski definition) is 1. The Morgan fingerprint density at radius 3 is 2.78 bits per heavy atom. The number of nitrogens with one attached hydrogen (secondary N) is 1. The molecule has 2 aliphatic rings. The topological polar surface area (TPSA) is 65.9 Å². The molecular weight excluding hydrogens is 384 g/mol. The van der Waals surface area contributed by atoms with Gasteiger partial charge in [0.25, 0.3) is 0 Å². The highest BCUT2D eigenvalue weighted by atomic mass is 35.5. The third-order valence-corrected chi connectivity index (χ3v) is 5.13. The maximum absolute atomic E-state index is 5.98. The molecule has 0 aromatic carbocycles. The highest BCUT2D eigenvalue weighted by Crippen LogP contribution is 2.26. The summed E-state index contributed by atoms with van der Waals surface area (Å²) < 4.78 is 5.60. The Labute approximate surface area is 168 Å². The van der Waals surface area contributed by atoms with E-state index in [1.165, 1.54) is 5.69 Å². The second kappa shape index (κ2) is 8.06. The fourth-order valence-electron chi connectivity index (χ4n) is 3.14. The van der Waals surface area contributed by atoms with Gasteiger partial charge in [-0.25, -0.2) is 4.98 Å². The number of aromatic nitrogens is 2. The van der Waals surface area contributed by atoms with Crippen LogP contribution in [0.15, 0.2) is 41.9 Å². The van der Waals surface area contributed by atoms with Crippen molar-refractivity contribution in [3.63, 3.8) is 0 Å². The number of nitrogens with zero attached hydrogens (tertiary/aromatic N) is 5. The lowest BCUT2D eigenvalue weighted by Crippen LogP contribution is -2.51. The highest BCUT2D eigenvalue weighted by Gasteiger charge is 2.21. The Bertz CT molecular complexity index is 854. The number of hydrogen-bond acceptors (Lipinski definition) is 6. The molecule has 0 spiro atoms. The summed E-state index contributed by atoms with van der Waals surface area (Å²) in [6.45, 7) is 4.03. The van der Waals surface area contributed by atoms with Crippen LogP contribution >= 0.6 is 23.8 Å². The van der Waals surface area contributed by atoms with Crippen molar-refractivity contribution in [1.82, 2.24) is 20.3 Å². The lowest BCUT2D eigenvalue weighted by atomic mass is 10.1. The molecule has 0 atom stereocenters.